The molecule has 0 spiro atoms. The van der Waals surface area contributed by atoms with Crippen LogP contribution >= 0.6 is 0 Å². The van der Waals surface area contributed by atoms with Gasteiger partial charge in [-0.3, -0.25) is 0 Å². The summed E-state index contributed by atoms with van der Waals surface area (Å²) in [5.41, 5.74) is 0. The molecule has 0 heterocycles. The summed E-state index contributed by atoms with van der Waals surface area (Å²) in [5.74, 6) is -2.61. The van der Waals surface area contributed by atoms with Crippen molar-refractivity contribution >= 4 is 0 Å². The van der Waals surface area contributed by atoms with Gasteiger partial charge in [-0.25, -0.2) is 0 Å². The Balaban J connectivity index is 2.99. The van der Waals surface area contributed by atoms with Crippen LogP contribution in [0.3, 0.4) is 0 Å². The molecule has 0 aliphatic rings. The average molecular weight is 222 g/mol. The van der Waals surface area contributed by atoms with Crippen LogP contribution in [0, 0.1) is 0 Å². The van der Waals surface area contributed by atoms with Gasteiger partial charge in [0.1, 0.15) is 0 Å². The van der Waals surface area contributed by atoms with Crippen molar-refractivity contribution in [1.29, 1.82) is 0 Å². The monoisotopic (exact) mass is 222 g/mol. The van der Waals surface area contributed by atoms with Crippen LogP contribution in [0.2, 0.25) is 0 Å². The first kappa shape index (κ1) is 14.8. The molecule has 5 heteroatoms. The molecule has 0 unspecified atom stereocenters. The first-order valence-electron chi connectivity index (χ1n) is 5.39. The Bertz CT molecular complexity index is 132. The molecule has 0 fully saturated rings. The minimum Gasteiger partial charge on any atom is -0.381 e. The summed E-state index contributed by atoms with van der Waals surface area (Å²) >= 11 is 0. The van der Waals surface area contributed by atoms with E-state index >= 15 is 0 Å². The van der Waals surface area contributed by atoms with Crippen LogP contribution in [0.5, 0.6) is 0 Å². The Morgan fingerprint density at radius 1 is 0.867 bits per heavy atom. The van der Waals surface area contributed by atoms with Crippen LogP contribution in [-0.2, 0) is 9.47 Å². The van der Waals surface area contributed by atoms with Gasteiger partial charge < -0.3 is 24.8 Å². The Morgan fingerprint density at radius 3 is 1.87 bits per heavy atom. The normalized spacial score (nSPS) is 12.0. The fraction of sp³-hybridized carbons (Fsp3) is 1.00. The van der Waals surface area contributed by atoms with Gasteiger partial charge in [-0.2, -0.15) is 0 Å². The van der Waals surface area contributed by atoms with E-state index in [1.165, 1.54) is 0 Å². The molecule has 5 nitrogen and oxygen atoms in total. The van der Waals surface area contributed by atoms with E-state index in [1.807, 2.05) is 0 Å². The van der Waals surface area contributed by atoms with Gasteiger partial charge in [0.25, 0.3) is 5.97 Å². The van der Waals surface area contributed by atoms with Crippen molar-refractivity contribution in [3.63, 3.8) is 0 Å². The summed E-state index contributed by atoms with van der Waals surface area (Å²) in [6.45, 7) is 4.28. The Labute approximate surface area is 90.6 Å². The lowest BCUT2D eigenvalue weighted by Gasteiger charge is -2.13. The molecule has 0 rings (SSSR count). The largest absolute Gasteiger partial charge is 0.381 e. The lowest BCUT2D eigenvalue weighted by atomic mass is 10.3. The maximum atomic E-state index is 8.53. The predicted octanol–water partition coefficient (Wildman–Crippen LogP) is 0.231. The lowest BCUT2D eigenvalue weighted by molar-refractivity contribution is -0.318. The molecule has 0 atom stereocenters. The van der Waals surface area contributed by atoms with Crippen LogP contribution in [0.1, 0.15) is 32.6 Å². The van der Waals surface area contributed by atoms with Crippen molar-refractivity contribution in [2.24, 2.45) is 0 Å². The highest BCUT2D eigenvalue weighted by Gasteiger charge is 2.16. The Morgan fingerprint density at radius 2 is 1.40 bits per heavy atom. The maximum Gasteiger partial charge on any atom is 0.277 e. The van der Waals surface area contributed by atoms with Crippen molar-refractivity contribution in [2.45, 2.75) is 38.6 Å². The third kappa shape index (κ3) is 13.8. The van der Waals surface area contributed by atoms with Gasteiger partial charge in [0.15, 0.2) is 0 Å². The van der Waals surface area contributed by atoms with Crippen molar-refractivity contribution in [2.75, 3.05) is 26.4 Å². The summed E-state index contributed by atoms with van der Waals surface area (Å²) in [6.07, 6.45) is 2.64. The Kier molecular flexibility index (Phi) is 8.94. The van der Waals surface area contributed by atoms with Gasteiger partial charge >= 0.3 is 0 Å². The number of unbranched alkanes of at least 4 members (excludes halogenated alkanes) is 1. The zero-order valence-corrected chi connectivity index (χ0v) is 9.31. The molecule has 0 aromatic rings. The van der Waals surface area contributed by atoms with E-state index in [4.69, 9.17) is 24.8 Å². The SMILES string of the molecule is CCCOCCCCOCCC(O)(O)O. The maximum absolute atomic E-state index is 8.53. The predicted molar refractivity (Wildman–Crippen MR) is 55.2 cm³/mol. The summed E-state index contributed by atoms with van der Waals surface area (Å²) in [4.78, 5) is 0. The first-order valence-corrected chi connectivity index (χ1v) is 5.39. The van der Waals surface area contributed by atoms with Gasteiger partial charge in [0, 0.05) is 19.8 Å². The number of hydrogen-bond acceptors (Lipinski definition) is 5. The second-order valence-electron chi connectivity index (χ2n) is 3.46. The van der Waals surface area contributed by atoms with Gasteiger partial charge in [0.2, 0.25) is 0 Å². The molecule has 0 aromatic heterocycles. The molecule has 0 saturated heterocycles. The van der Waals surface area contributed by atoms with Crippen LogP contribution in [0.25, 0.3) is 0 Å². The smallest absolute Gasteiger partial charge is 0.277 e. The number of ether oxygens (including phenoxy) is 2. The molecular formula is C10H22O5. The van der Waals surface area contributed by atoms with Crippen molar-refractivity contribution in [1.82, 2.24) is 0 Å². The summed E-state index contributed by atoms with van der Waals surface area (Å²) in [7, 11) is 0. The fourth-order valence-corrected chi connectivity index (χ4v) is 0.966. The highest BCUT2D eigenvalue weighted by Crippen LogP contribution is 2.00. The Hall–Kier alpha value is -0.200. The number of hydrogen-bond donors (Lipinski definition) is 3. The third-order valence-electron chi connectivity index (χ3n) is 1.76. The molecule has 0 saturated carbocycles. The summed E-state index contributed by atoms with van der Waals surface area (Å²) < 4.78 is 10.3. The minimum atomic E-state index is -2.61. The van der Waals surface area contributed by atoms with E-state index < -0.39 is 5.97 Å². The standard InChI is InChI=1S/C10H22O5/c1-2-6-14-7-3-4-8-15-9-5-10(11,12)13/h11-13H,2-9H2,1H3. The highest BCUT2D eigenvalue weighted by atomic mass is 16.7. The average Bonchev–Trinajstić information content (AvgIpc) is 2.14. The van der Waals surface area contributed by atoms with Crippen molar-refractivity contribution in [3.8, 4) is 0 Å². The molecule has 3 N–H and O–H groups in total. The van der Waals surface area contributed by atoms with Gasteiger partial charge in [-0.1, -0.05) is 6.92 Å². The van der Waals surface area contributed by atoms with Crippen LogP contribution in [0.4, 0.5) is 0 Å². The number of aliphatic hydroxyl groups is 3. The van der Waals surface area contributed by atoms with Gasteiger partial charge in [-0.15, -0.1) is 0 Å². The second kappa shape index (κ2) is 9.06. The van der Waals surface area contributed by atoms with Crippen molar-refractivity contribution in [3.05, 3.63) is 0 Å². The molecule has 0 aliphatic carbocycles. The van der Waals surface area contributed by atoms with Gasteiger partial charge in [-0.05, 0) is 19.3 Å². The van der Waals surface area contributed by atoms with Crippen molar-refractivity contribution < 1.29 is 24.8 Å². The van der Waals surface area contributed by atoms with E-state index in [0.717, 1.165) is 32.5 Å². The molecule has 15 heavy (non-hydrogen) atoms. The fourth-order valence-electron chi connectivity index (χ4n) is 0.966. The molecule has 92 valence electrons. The van der Waals surface area contributed by atoms with Crippen LogP contribution in [0.15, 0.2) is 0 Å². The van der Waals surface area contributed by atoms with E-state index in [0.29, 0.717) is 6.61 Å². The zero-order valence-electron chi connectivity index (χ0n) is 9.31. The van der Waals surface area contributed by atoms with Gasteiger partial charge in [0.05, 0.1) is 13.0 Å². The van der Waals surface area contributed by atoms with Crippen LogP contribution in [-0.4, -0.2) is 47.7 Å². The van der Waals surface area contributed by atoms with E-state index in [1.54, 1.807) is 0 Å². The van der Waals surface area contributed by atoms with E-state index in [9.17, 15) is 0 Å². The second-order valence-corrected chi connectivity index (χ2v) is 3.46. The quantitative estimate of drug-likeness (QED) is 0.364. The molecule has 0 aromatic carbocycles. The molecule has 0 radical (unpaired) electrons. The molecule has 0 aliphatic heterocycles. The number of rotatable bonds is 10. The first-order chi connectivity index (χ1) is 7.06. The molecular weight excluding hydrogens is 200 g/mol. The molecule has 0 amide bonds. The van der Waals surface area contributed by atoms with Crippen LogP contribution < -0.4 is 0 Å². The zero-order chi connectivity index (χ0) is 11.6. The third-order valence-corrected chi connectivity index (χ3v) is 1.76. The summed E-state index contributed by atoms with van der Waals surface area (Å²) in [5, 5.41) is 25.6. The summed E-state index contributed by atoms with van der Waals surface area (Å²) in [6, 6.07) is 0. The highest BCUT2D eigenvalue weighted by molar-refractivity contribution is 4.46. The minimum absolute atomic E-state index is 0.138. The topological polar surface area (TPSA) is 79.2 Å². The molecule has 0 bridgehead atoms. The van der Waals surface area contributed by atoms with E-state index in [2.05, 4.69) is 6.92 Å². The van der Waals surface area contributed by atoms with E-state index in [-0.39, 0.29) is 13.0 Å². The lowest BCUT2D eigenvalue weighted by Crippen LogP contribution is -2.28.